The number of hydrogen-bond acceptors (Lipinski definition) is 5. The molecule has 0 bridgehead atoms. The number of hydrogen-bond donors (Lipinski definition) is 1. The highest BCUT2D eigenvalue weighted by molar-refractivity contribution is 5.94. The third-order valence-electron chi connectivity index (χ3n) is 2.23. The number of nitrogens with zero attached hydrogens (tertiary/aromatic N) is 2. The van der Waals surface area contributed by atoms with Crippen LogP contribution in [-0.4, -0.2) is 28.1 Å². The normalized spacial score (nSPS) is 10.2. The van der Waals surface area contributed by atoms with E-state index in [0.717, 1.165) is 6.42 Å². The smallest absolute Gasteiger partial charge is 0.343 e. The van der Waals surface area contributed by atoms with Crippen LogP contribution in [0.25, 0.3) is 0 Å². The Hall–Kier alpha value is -1.85. The van der Waals surface area contributed by atoms with Crippen LogP contribution in [0.5, 0.6) is 0 Å². The summed E-state index contributed by atoms with van der Waals surface area (Å²) in [6.45, 7) is 4.01. The lowest BCUT2D eigenvalue weighted by Gasteiger charge is -2.04. The van der Waals surface area contributed by atoms with Crippen molar-refractivity contribution in [1.29, 1.82) is 0 Å². The minimum atomic E-state index is -0.515. The lowest BCUT2D eigenvalue weighted by atomic mass is 10.2. The molecule has 0 saturated heterocycles. The van der Waals surface area contributed by atoms with E-state index < -0.39 is 5.97 Å². The van der Waals surface area contributed by atoms with Gasteiger partial charge in [0.05, 0.1) is 12.8 Å². The molecule has 0 aliphatic rings. The van der Waals surface area contributed by atoms with Crippen LogP contribution in [-0.2, 0) is 16.1 Å². The molecule has 0 aromatic carbocycles. The topological polar surface area (TPSA) is 87.2 Å². The standard InChI is InChI=1S/C11H17N3O3/c1-3-5-8(15)7-14-10(12)9(6-13-14)11(16)17-4-2/h6H,3-5,7,12H2,1-2H3. The molecule has 1 heterocycles. The van der Waals surface area contributed by atoms with Gasteiger partial charge in [-0.05, 0) is 13.3 Å². The van der Waals surface area contributed by atoms with Crippen LogP contribution in [0.1, 0.15) is 37.0 Å². The van der Waals surface area contributed by atoms with E-state index in [9.17, 15) is 9.59 Å². The van der Waals surface area contributed by atoms with Gasteiger partial charge in [-0.2, -0.15) is 5.10 Å². The summed E-state index contributed by atoms with van der Waals surface area (Å²) in [4.78, 5) is 22.9. The van der Waals surface area contributed by atoms with E-state index in [4.69, 9.17) is 10.5 Å². The van der Waals surface area contributed by atoms with Crippen LogP contribution >= 0.6 is 0 Å². The molecule has 0 radical (unpaired) electrons. The molecule has 0 fully saturated rings. The second-order valence-corrected chi connectivity index (χ2v) is 3.61. The Bertz CT molecular complexity index is 412. The Labute approximate surface area is 99.7 Å². The fourth-order valence-electron chi connectivity index (χ4n) is 1.41. The number of Topliss-reactive ketones (excluding diaryl/α,β-unsaturated/α-hetero) is 1. The first-order valence-electron chi connectivity index (χ1n) is 5.60. The first kappa shape index (κ1) is 13.2. The van der Waals surface area contributed by atoms with Crippen LogP contribution in [0, 0.1) is 0 Å². The number of carbonyl (C=O) groups is 2. The summed E-state index contributed by atoms with van der Waals surface area (Å²) in [7, 11) is 0. The number of nitrogens with two attached hydrogens (primary N) is 1. The Morgan fingerprint density at radius 2 is 2.18 bits per heavy atom. The van der Waals surface area contributed by atoms with Crippen molar-refractivity contribution in [2.24, 2.45) is 0 Å². The summed E-state index contributed by atoms with van der Waals surface area (Å²) in [6, 6.07) is 0. The van der Waals surface area contributed by atoms with E-state index in [-0.39, 0.29) is 30.3 Å². The molecular formula is C11H17N3O3. The lowest BCUT2D eigenvalue weighted by molar-refractivity contribution is -0.119. The van der Waals surface area contributed by atoms with Crippen molar-refractivity contribution in [3.63, 3.8) is 0 Å². The summed E-state index contributed by atoms with van der Waals surface area (Å²) in [5, 5.41) is 3.91. The van der Waals surface area contributed by atoms with Crippen LogP contribution < -0.4 is 5.73 Å². The number of anilines is 1. The molecular weight excluding hydrogens is 222 g/mol. The first-order valence-corrected chi connectivity index (χ1v) is 5.60. The van der Waals surface area contributed by atoms with Gasteiger partial charge in [0.15, 0.2) is 5.78 Å². The average molecular weight is 239 g/mol. The number of aromatic nitrogens is 2. The fraction of sp³-hybridized carbons (Fsp3) is 0.545. The van der Waals surface area contributed by atoms with Gasteiger partial charge < -0.3 is 10.5 Å². The quantitative estimate of drug-likeness (QED) is 0.748. The van der Waals surface area contributed by atoms with Crippen molar-refractivity contribution < 1.29 is 14.3 Å². The summed E-state index contributed by atoms with van der Waals surface area (Å²) < 4.78 is 6.14. The fourth-order valence-corrected chi connectivity index (χ4v) is 1.41. The first-order chi connectivity index (χ1) is 8.10. The highest BCUT2D eigenvalue weighted by Gasteiger charge is 2.17. The SMILES string of the molecule is CCCC(=O)Cn1ncc(C(=O)OCC)c1N. The minimum absolute atomic E-state index is 0.0395. The van der Waals surface area contributed by atoms with Crippen LogP contribution in [0.3, 0.4) is 0 Å². The Morgan fingerprint density at radius 3 is 2.76 bits per heavy atom. The summed E-state index contributed by atoms with van der Waals surface area (Å²) in [5.41, 5.74) is 5.93. The van der Waals surface area contributed by atoms with Gasteiger partial charge in [0.1, 0.15) is 17.9 Å². The largest absolute Gasteiger partial charge is 0.462 e. The third-order valence-corrected chi connectivity index (χ3v) is 2.23. The van der Waals surface area contributed by atoms with Gasteiger partial charge in [0.25, 0.3) is 0 Å². The second-order valence-electron chi connectivity index (χ2n) is 3.61. The van der Waals surface area contributed by atoms with E-state index in [1.54, 1.807) is 6.92 Å². The molecule has 0 spiro atoms. The van der Waals surface area contributed by atoms with E-state index in [2.05, 4.69) is 5.10 Å². The zero-order chi connectivity index (χ0) is 12.8. The van der Waals surface area contributed by atoms with Crippen LogP contribution in [0.4, 0.5) is 5.82 Å². The molecule has 0 aliphatic heterocycles. The predicted octanol–water partition coefficient (Wildman–Crippen LogP) is 1.01. The third kappa shape index (κ3) is 3.30. The molecule has 0 saturated carbocycles. The molecule has 17 heavy (non-hydrogen) atoms. The van der Waals surface area contributed by atoms with Gasteiger partial charge in [0, 0.05) is 6.42 Å². The summed E-state index contributed by atoms with van der Waals surface area (Å²) >= 11 is 0. The monoisotopic (exact) mass is 239 g/mol. The minimum Gasteiger partial charge on any atom is -0.462 e. The molecule has 0 aliphatic carbocycles. The average Bonchev–Trinajstić information content (AvgIpc) is 2.61. The Kier molecular flexibility index (Phi) is 4.68. The van der Waals surface area contributed by atoms with E-state index in [1.165, 1.54) is 10.9 Å². The molecule has 1 aromatic rings. The number of ketones is 1. The number of esters is 1. The van der Waals surface area contributed by atoms with Gasteiger partial charge >= 0.3 is 5.97 Å². The van der Waals surface area contributed by atoms with Crippen molar-refractivity contribution in [2.75, 3.05) is 12.3 Å². The summed E-state index contributed by atoms with van der Waals surface area (Å²) in [6.07, 6.45) is 2.59. The molecule has 1 rings (SSSR count). The van der Waals surface area contributed by atoms with Gasteiger partial charge in [-0.1, -0.05) is 6.92 Å². The molecule has 94 valence electrons. The van der Waals surface area contributed by atoms with Crippen molar-refractivity contribution >= 4 is 17.6 Å². The number of carbonyl (C=O) groups excluding carboxylic acids is 2. The maximum Gasteiger partial charge on any atom is 0.343 e. The van der Waals surface area contributed by atoms with Crippen molar-refractivity contribution in [3.05, 3.63) is 11.8 Å². The van der Waals surface area contributed by atoms with Crippen LogP contribution in [0.2, 0.25) is 0 Å². The summed E-state index contributed by atoms with van der Waals surface area (Å²) in [5.74, 6) is -0.301. The van der Waals surface area contributed by atoms with E-state index in [1.807, 2.05) is 6.92 Å². The van der Waals surface area contributed by atoms with Gasteiger partial charge in [-0.3, -0.25) is 4.79 Å². The highest BCUT2D eigenvalue weighted by atomic mass is 16.5. The van der Waals surface area contributed by atoms with Crippen LogP contribution in [0.15, 0.2) is 6.20 Å². The highest BCUT2D eigenvalue weighted by Crippen LogP contribution is 2.12. The number of nitrogen functional groups attached to an aromatic ring is 1. The number of rotatable bonds is 6. The molecule has 2 N–H and O–H groups in total. The molecule has 0 amide bonds. The van der Waals surface area contributed by atoms with E-state index in [0.29, 0.717) is 6.42 Å². The molecule has 6 heteroatoms. The maximum atomic E-state index is 11.4. The molecule has 0 atom stereocenters. The van der Waals surface area contributed by atoms with Crippen molar-refractivity contribution in [1.82, 2.24) is 9.78 Å². The molecule has 1 aromatic heterocycles. The van der Waals surface area contributed by atoms with Gasteiger partial charge in [0.2, 0.25) is 0 Å². The van der Waals surface area contributed by atoms with Gasteiger partial charge in [-0.15, -0.1) is 0 Å². The molecule has 0 unspecified atom stereocenters. The zero-order valence-corrected chi connectivity index (χ0v) is 10.1. The Balaban J connectivity index is 2.77. The van der Waals surface area contributed by atoms with Crippen molar-refractivity contribution in [3.8, 4) is 0 Å². The predicted molar refractivity (Wildman–Crippen MR) is 62.5 cm³/mol. The number of ether oxygens (including phenoxy) is 1. The molecule has 6 nitrogen and oxygen atoms in total. The van der Waals surface area contributed by atoms with E-state index >= 15 is 0 Å². The zero-order valence-electron chi connectivity index (χ0n) is 10.1. The Morgan fingerprint density at radius 1 is 1.47 bits per heavy atom. The second kappa shape index (κ2) is 6.03. The van der Waals surface area contributed by atoms with Gasteiger partial charge in [-0.25, -0.2) is 9.48 Å². The lowest BCUT2D eigenvalue weighted by Crippen LogP contribution is -2.14. The maximum absolute atomic E-state index is 11.4. The van der Waals surface area contributed by atoms with Crippen molar-refractivity contribution in [2.45, 2.75) is 33.2 Å².